The van der Waals surface area contributed by atoms with Crippen molar-refractivity contribution in [1.29, 1.82) is 0 Å². The summed E-state index contributed by atoms with van der Waals surface area (Å²) in [5.41, 5.74) is 6.45. The first-order chi connectivity index (χ1) is 14.0. The third-order valence-electron chi connectivity index (χ3n) is 4.57. The summed E-state index contributed by atoms with van der Waals surface area (Å²) in [6.07, 6.45) is 0. The van der Waals surface area contributed by atoms with Gasteiger partial charge in [-0.1, -0.05) is 17.7 Å². The highest BCUT2D eigenvalue weighted by molar-refractivity contribution is 7.91. The molecule has 11 heteroatoms. The van der Waals surface area contributed by atoms with Crippen LogP contribution in [-0.4, -0.2) is 38.1 Å². The number of fused-ring (bicyclic) bond motifs is 1. The Morgan fingerprint density at radius 3 is 2.58 bits per heavy atom. The molecule has 3 rings (SSSR count). The summed E-state index contributed by atoms with van der Waals surface area (Å²) >= 11 is 5.72. The van der Waals surface area contributed by atoms with Crippen LogP contribution in [-0.2, 0) is 21.2 Å². The molecule has 31 heavy (non-hydrogen) atoms. The highest BCUT2D eigenvalue weighted by Gasteiger charge is 2.36. The fraction of sp³-hybridized carbons (Fsp3) is 0.300. The van der Waals surface area contributed by atoms with Crippen LogP contribution in [0.25, 0.3) is 0 Å². The van der Waals surface area contributed by atoms with Crippen LogP contribution in [0.4, 0.5) is 10.1 Å². The minimum Gasteiger partial charge on any atom is -0.350 e. The first-order valence-corrected chi connectivity index (χ1v) is 11.2. The summed E-state index contributed by atoms with van der Waals surface area (Å²) in [7, 11) is -3.88. The highest BCUT2D eigenvalue weighted by Crippen LogP contribution is 2.33. The van der Waals surface area contributed by atoms with Gasteiger partial charge in [-0.05, 0) is 49.7 Å². The summed E-state index contributed by atoms with van der Waals surface area (Å²) in [5, 5.41) is 2.64. The van der Waals surface area contributed by atoms with Crippen LogP contribution in [0, 0.1) is 5.82 Å². The third-order valence-corrected chi connectivity index (χ3v) is 6.69. The van der Waals surface area contributed by atoms with Gasteiger partial charge < -0.3 is 16.0 Å². The monoisotopic (exact) mass is 489 g/mol. The molecule has 1 aliphatic rings. The van der Waals surface area contributed by atoms with Crippen molar-refractivity contribution in [2.24, 2.45) is 5.73 Å². The maximum atomic E-state index is 13.9. The molecule has 0 fully saturated rings. The van der Waals surface area contributed by atoms with Crippen molar-refractivity contribution >= 4 is 51.3 Å². The SMILES string of the molecule is CC(C)NC(=O)c1ccc2c(c1)N(Cc1ccc(Cl)c(F)c1)C(=O)[C@@H](N)CS2(=O)=O.Cl. The first-order valence-electron chi connectivity index (χ1n) is 9.18. The van der Waals surface area contributed by atoms with Gasteiger partial charge in [0.05, 0.1) is 33.9 Å². The molecule has 0 saturated carbocycles. The molecule has 0 saturated heterocycles. The average Bonchev–Trinajstić information content (AvgIpc) is 2.72. The number of benzene rings is 2. The second-order valence-corrected chi connectivity index (χ2v) is 9.78. The van der Waals surface area contributed by atoms with Crippen molar-refractivity contribution in [3.63, 3.8) is 0 Å². The lowest BCUT2D eigenvalue weighted by molar-refractivity contribution is -0.119. The number of nitrogens with zero attached hydrogens (tertiary/aromatic N) is 1. The lowest BCUT2D eigenvalue weighted by atomic mass is 10.1. The van der Waals surface area contributed by atoms with E-state index in [1.165, 1.54) is 35.2 Å². The Morgan fingerprint density at radius 2 is 1.97 bits per heavy atom. The van der Waals surface area contributed by atoms with E-state index in [1.54, 1.807) is 13.8 Å². The van der Waals surface area contributed by atoms with E-state index < -0.39 is 39.3 Å². The molecule has 0 unspecified atom stereocenters. The minimum absolute atomic E-state index is 0. The Hall–Kier alpha value is -2.20. The van der Waals surface area contributed by atoms with Gasteiger partial charge in [0.15, 0.2) is 9.84 Å². The van der Waals surface area contributed by atoms with E-state index in [2.05, 4.69) is 5.32 Å². The van der Waals surface area contributed by atoms with Crippen molar-refractivity contribution in [3.8, 4) is 0 Å². The molecule has 2 aromatic carbocycles. The summed E-state index contributed by atoms with van der Waals surface area (Å²) in [4.78, 5) is 26.4. The predicted molar refractivity (Wildman–Crippen MR) is 119 cm³/mol. The van der Waals surface area contributed by atoms with Crippen LogP contribution in [0.3, 0.4) is 0 Å². The van der Waals surface area contributed by atoms with Crippen LogP contribution < -0.4 is 16.0 Å². The van der Waals surface area contributed by atoms with Crippen molar-refractivity contribution in [3.05, 3.63) is 58.4 Å². The Bertz CT molecular complexity index is 1130. The molecule has 1 atom stereocenters. The summed E-state index contributed by atoms with van der Waals surface area (Å²) in [6, 6.07) is 6.62. The molecule has 0 spiro atoms. The number of hydrogen-bond acceptors (Lipinski definition) is 5. The number of hydrogen-bond donors (Lipinski definition) is 2. The zero-order valence-corrected chi connectivity index (χ0v) is 19.2. The van der Waals surface area contributed by atoms with Gasteiger partial charge in [0.2, 0.25) is 5.91 Å². The molecule has 168 valence electrons. The molecule has 3 N–H and O–H groups in total. The lowest BCUT2D eigenvalue weighted by Crippen LogP contribution is -2.45. The zero-order valence-electron chi connectivity index (χ0n) is 16.8. The molecular formula is C20H22Cl2FN3O4S. The normalized spacial score (nSPS) is 17.5. The quantitative estimate of drug-likeness (QED) is 0.685. The van der Waals surface area contributed by atoms with E-state index >= 15 is 0 Å². The standard InChI is InChI=1S/C20H21ClFN3O4S.ClH/c1-11(2)24-19(26)13-4-6-18-17(8-13)25(20(27)16(23)10-30(18,28)29)9-12-3-5-14(21)15(22)7-12;/h3-8,11,16H,9-10,23H2,1-2H3,(H,24,26);1H/t16-;/m0./s1. The largest absolute Gasteiger partial charge is 0.350 e. The molecule has 1 aliphatic heterocycles. The highest BCUT2D eigenvalue weighted by atomic mass is 35.5. The van der Waals surface area contributed by atoms with Crippen molar-refractivity contribution in [1.82, 2.24) is 5.32 Å². The summed E-state index contributed by atoms with van der Waals surface area (Å²) in [5.74, 6) is -2.29. The number of rotatable bonds is 4. The van der Waals surface area contributed by atoms with Crippen LogP contribution >= 0.6 is 24.0 Å². The maximum absolute atomic E-state index is 13.9. The van der Waals surface area contributed by atoms with Crippen LogP contribution in [0.5, 0.6) is 0 Å². The number of anilines is 1. The Kier molecular flexibility index (Phi) is 7.70. The molecular weight excluding hydrogens is 468 g/mol. The predicted octanol–water partition coefficient (Wildman–Crippen LogP) is 2.69. The average molecular weight is 490 g/mol. The van der Waals surface area contributed by atoms with Gasteiger partial charge in [-0.3, -0.25) is 9.59 Å². The van der Waals surface area contributed by atoms with Crippen molar-refractivity contribution in [2.45, 2.75) is 37.4 Å². The number of carbonyl (C=O) groups excluding carboxylic acids is 2. The Morgan fingerprint density at radius 1 is 1.29 bits per heavy atom. The number of carbonyl (C=O) groups is 2. The molecule has 2 amide bonds. The molecule has 1 heterocycles. The topological polar surface area (TPSA) is 110 Å². The number of nitrogens with two attached hydrogens (primary N) is 1. The van der Waals surface area contributed by atoms with Gasteiger partial charge >= 0.3 is 0 Å². The molecule has 0 bridgehead atoms. The second kappa shape index (κ2) is 9.52. The zero-order chi connectivity index (χ0) is 22.2. The van der Waals surface area contributed by atoms with E-state index in [1.807, 2.05) is 0 Å². The van der Waals surface area contributed by atoms with Gasteiger partial charge in [0, 0.05) is 11.6 Å². The van der Waals surface area contributed by atoms with Crippen molar-refractivity contribution < 1.29 is 22.4 Å². The third kappa shape index (κ3) is 5.35. The van der Waals surface area contributed by atoms with Crippen molar-refractivity contribution in [2.75, 3.05) is 10.7 Å². The van der Waals surface area contributed by atoms with Gasteiger partial charge in [0.25, 0.3) is 5.91 Å². The lowest BCUT2D eigenvalue weighted by Gasteiger charge is -2.25. The van der Waals surface area contributed by atoms with Gasteiger partial charge in [-0.15, -0.1) is 12.4 Å². The Balaban J connectivity index is 0.00000341. The van der Waals surface area contributed by atoms with E-state index in [-0.39, 0.29) is 46.2 Å². The number of nitrogens with one attached hydrogen (secondary N) is 1. The number of amides is 2. The Labute approximate surface area is 191 Å². The molecule has 0 aliphatic carbocycles. The second-order valence-electron chi connectivity index (χ2n) is 7.37. The van der Waals surface area contributed by atoms with Crippen LogP contribution in [0.2, 0.25) is 5.02 Å². The summed E-state index contributed by atoms with van der Waals surface area (Å²) < 4.78 is 39.4. The maximum Gasteiger partial charge on any atom is 0.251 e. The smallest absolute Gasteiger partial charge is 0.251 e. The number of halogens is 3. The molecule has 0 aromatic heterocycles. The summed E-state index contributed by atoms with van der Waals surface area (Å²) in [6.45, 7) is 3.43. The molecule has 2 aromatic rings. The molecule has 7 nitrogen and oxygen atoms in total. The van der Waals surface area contributed by atoms with Crippen LogP contribution in [0.15, 0.2) is 41.3 Å². The first kappa shape index (κ1) is 25.1. The van der Waals surface area contributed by atoms with E-state index in [9.17, 15) is 22.4 Å². The number of sulfone groups is 1. The van der Waals surface area contributed by atoms with E-state index in [4.69, 9.17) is 17.3 Å². The van der Waals surface area contributed by atoms with E-state index in [0.717, 1.165) is 6.07 Å². The van der Waals surface area contributed by atoms with Gasteiger partial charge in [0.1, 0.15) is 5.82 Å². The minimum atomic E-state index is -3.88. The fourth-order valence-corrected chi connectivity index (χ4v) is 4.85. The van der Waals surface area contributed by atoms with E-state index in [0.29, 0.717) is 5.56 Å². The van der Waals surface area contributed by atoms with Gasteiger partial charge in [-0.25, -0.2) is 12.8 Å². The van der Waals surface area contributed by atoms with Gasteiger partial charge in [-0.2, -0.15) is 0 Å². The molecule has 0 radical (unpaired) electrons. The van der Waals surface area contributed by atoms with Crippen LogP contribution in [0.1, 0.15) is 29.8 Å². The fourth-order valence-electron chi connectivity index (χ4n) is 3.18.